The van der Waals surface area contributed by atoms with Crippen LogP contribution in [0.15, 0.2) is 95.7 Å². The van der Waals surface area contributed by atoms with Gasteiger partial charge >= 0.3 is 0 Å². The topological polar surface area (TPSA) is 4.93 Å². The quantitative estimate of drug-likeness (QED) is 0.111. The first kappa shape index (κ1) is 28.8. The van der Waals surface area contributed by atoms with E-state index in [2.05, 4.69) is 107 Å². The molecule has 7 rings (SSSR count). The van der Waals surface area contributed by atoms with Gasteiger partial charge in [0.2, 0.25) is 0 Å². The number of nitrogens with zero attached hydrogens (tertiary/aromatic N) is 1. The van der Waals surface area contributed by atoms with Crippen LogP contribution in [0.3, 0.4) is 0 Å². The number of aryl methyl sites for hydroxylation is 1. The number of hydrogen-bond acceptors (Lipinski definition) is 4. The molecule has 43 heavy (non-hydrogen) atoms. The largest absolute Gasteiger partial charge is 0.340 e. The summed E-state index contributed by atoms with van der Waals surface area (Å²) < 4.78 is 2.59. The van der Waals surface area contributed by atoms with E-state index in [0.717, 1.165) is 6.54 Å². The van der Waals surface area contributed by atoms with Crippen LogP contribution in [0.4, 0.5) is 0 Å². The molecule has 0 saturated heterocycles. The van der Waals surface area contributed by atoms with Gasteiger partial charge in [-0.15, -0.1) is 45.3 Å². The van der Waals surface area contributed by atoms with E-state index in [-0.39, 0.29) is 0 Å². The lowest BCUT2D eigenvalue weighted by Crippen LogP contribution is -1.97. The number of benzene rings is 2. The van der Waals surface area contributed by atoms with Gasteiger partial charge in [-0.3, -0.25) is 0 Å². The second-order valence-corrected chi connectivity index (χ2v) is 15.4. The molecule has 0 bridgehead atoms. The molecule has 5 aromatic heterocycles. The molecule has 1 nitrogen and oxygen atoms in total. The average Bonchev–Trinajstić information content (AvgIpc) is 3.88. The molecule has 0 N–H and O–H groups in total. The molecule has 0 fully saturated rings. The number of thiophene rings is 4. The van der Waals surface area contributed by atoms with Crippen LogP contribution in [-0.4, -0.2) is 4.57 Å². The van der Waals surface area contributed by atoms with Crippen molar-refractivity contribution in [1.29, 1.82) is 0 Å². The summed E-state index contributed by atoms with van der Waals surface area (Å²) in [5.74, 6) is 0. The summed E-state index contributed by atoms with van der Waals surface area (Å²) in [6.45, 7) is 3.37. The van der Waals surface area contributed by atoms with Gasteiger partial charge in [-0.25, -0.2) is 0 Å². The third-order valence-electron chi connectivity index (χ3n) is 8.41. The third-order valence-corrected chi connectivity index (χ3v) is 12.8. The van der Waals surface area contributed by atoms with E-state index in [4.69, 9.17) is 0 Å². The fraction of sp³-hybridized carbons (Fsp3) is 0.263. The van der Waals surface area contributed by atoms with Crippen molar-refractivity contribution in [2.45, 2.75) is 64.8 Å². The molecule has 5 heteroatoms. The van der Waals surface area contributed by atoms with Crippen LogP contribution >= 0.6 is 45.3 Å². The molecule has 0 amide bonds. The minimum absolute atomic E-state index is 1.08. The Labute approximate surface area is 271 Å². The van der Waals surface area contributed by atoms with Crippen molar-refractivity contribution in [2.24, 2.45) is 0 Å². The smallest absolute Gasteiger partial charge is 0.0491 e. The maximum absolute atomic E-state index is 2.59. The maximum Gasteiger partial charge on any atom is 0.0491 e. The summed E-state index contributed by atoms with van der Waals surface area (Å²) in [4.78, 5) is 8.07. The van der Waals surface area contributed by atoms with Crippen LogP contribution in [-0.2, 0) is 6.54 Å². The van der Waals surface area contributed by atoms with Gasteiger partial charge in [-0.05, 0) is 89.0 Å². The van der Waals surface area contributed by atoms with Crippen molar-refractivity contribution in [3.8, 4) is 40.4 Å². The third kappa shape index (κ3) is 6.19. The number of aromatic nitrogens is 1. The molecular formula is C38H37NS4. The van der Waals surface area contributed by atoms with Crippen molar-refractivity contribution < 1.29 is 0 Å². The van der Waals surface area contributed by atoms with Gasteiger partial charge in [0.05, 0.1) is 0 Å². The molecule has 2 aromatic carbocycles. The molecule has 0 aliphatic heterocycles. The van der Waals surface area contributed by atoms with Gasteiger partial charge in [-0.2, -0.15) is 0 Å². The van der Waals surface area contributed by atoms with E-state index >= 15 is 0 Å². The Hall–Kier alpha value is -2.96. The second-order valence-electron chi connectivity index (χ2n) is 11.4. The summed E-state index contributed by atoms with van der Waals surface area (Å²) in [6.07, 6.45) is 10.8. The summed E-state index contributed by atoms with van der Waals surface area (Å²) in [7, 11) is 0. The normalized spacial score (nSPS) is 11.7. The monoisotopic (exact) mass is 635 g/mol. The van der Waals surface area contributed by atoms with Gasteiger partial charge in [0, 0.05) is 57.6 Å². The Balaban J connectivity index is 1.22. The van der Waals surface area contributed by atoms with Gasteiger partial charge in [0.1, 0.15) is 0 Å². The van der Waals surface area contributed by atoms with E-state index in [1.807, 2.05) is 45.3 Å². The van der Waals surface area contributed by atoms with E-state index in [1.54, 1.807) is 0 Å². The van der Waals surface area contributed by atoms with E-state index < -0.39 is 0 Å². The molecule has 0 unspecified atom stereocenters. The predicted octanol–water partition coefficient (Wildman–Crippen LogP) is 13.8. The Morgan fingerprint density at radius 2 is 0.977 bits per heavy atom. The van der Waals surface area contributed by atoms with Crippen LogP contribution < -0.4 is 0 Å². The van der Waals surface area contributed by atoms with Crippen LogP contribution in [0.2, 0.25) is 0 Å². The second kappa shape index (κ2) is 13.4. The summed E-state index contributed by atoms with van der Waals surface area (Å²) in [5, 5.41) is 7.07. The van der Waals surface area contributed by atoms with Crippen molar-refractivity contribution in [2.75, 3.05) is 0 Å². The van der Waals surface area contributed by atoms with Crippen molar-refractivity contribution >= 4 is 67.2 Å². The first-order valence-electron chi connectivity index (χ1n) is 15.6. The molecule has 218 valence electrons. The molecule has 0 spiro atoms. The number of fused-ring (bicyclic) bond motifs is 3. The molecule has 0 atom stereocenters. The standard InChI is InChI=1S/C38H37NS4/c1-2-3-4-5-6-7-8-9-22-39-31-16-14-27(33-18-20-37(42-33)35-12-10-23-40-35)25-29(31)30-26-28(15-17-32(30)39)34-19-21-38(43-34)36-13-11-24-41-36/h10-21,23-26H,2-9,22H2,1H3. The highest BCUT2D eigenvalue weighted by molar-refractivity contribution is 7.23. The molecule has 0 saturated carbocycles. The molecule has 7 aromatic rings. The molecule has 0 radical (unpaired) electrons. The fourth-order valence-corrected chi connectivity index (χ4v) is 9.82. The summed E-state index contributed by atoms with van der Waals surface area (Å²) in [5.41, 5.74) is 5.35. The lowest BCUT2D eigenvalue weighted by Gasteiger charge is -2.08. The first-order chi connectivity index (χ1) is 21.3. The van der Waals surface area contributed by atoms with Gasteiger partial charge < -0.3 is 4.57 Å². The number of rotatable bonds is 13. The van der Waals surface area contributed by atoms with E-state index in [1.165, 1.54) is 114 Å². The SMILES string of the molecule is CCCCCCCCCCn1c2ccc(-c3ccc(-c4cccs4)s3)cc2c2cc(-c3ccc(-c4cccs4)s3)ccc21. The lowest BCUT2D eigenvalue weighted by molar-refractivity contribution is 0.553. The zero-order valence-electron chi connectivity index (χ0n) is 24.7. The average molecular weight is 636 g/mol. The Morgan fingerprint density at radius 1 is 0.488 bits per heavy atom. The van der Waals surface area contributed by atoms with Crippen LogP contribution in [0.5, 0.6) is 0 Å². The lowest BCUT2D eigenvalue weighted by atomic mass is 10.1. The van der Waals surface area contributed by atoms with Crippen molar-refractivity contribution in [1.82, 2.24) is 4.57 Å². The van der Waals surface area contributed by atoms with Crippen molar-refractivity contribution in [3.63, 3.8) is 0 Å². The van der Waals surface area contributed by atoms with E-state index in [0.29, 0.717) is 0 Å². The Bertz CT molecular complexity index is 1780. The van der Waals surface area contributed by atoms with Crippen LogP contribution in [0, 0.1) is 0 Å². The summed E-state index contributed by atoms with van der Waals surface area (Å²) in [6, 6.07) is 32.2. The molecule has 0 aliphatic rings. The number of unbranched alkanes of at least 4 members (excludes halogenated alkanes) is 7. The highest BCUT2D eigenvalue weighted by Gasteiger charge is 2.15. The van der Waals surface area contributed by atoms with Gasteiger partial charge in [0.25, 0.3) is 0 Å². The van der Waals surface area contributed by atoms with Crippen LogP contribution in [0.1, 0.15) is 58.3 Å². The predicted molar refractivity (Wildman–Crippen MR) is 195 cm³/mol. The first-order valence-corrected chi connectivity index (χ1v) is 19.0. The maximum atomic E-state index is 2.59. The molecular weight excluding hydrogens is 599 g/mol. The van der Waals surface area contributed by atoms with Gasteiger partial charge in [0.15, 0.2) is 0 Å². The molecule has 0 aliphatic carbocycles. The fourth-order valence-electron chi connectivity index (χ4n) is 6.14. The van der Waals surface area contributed by atoms with E-state index in [9.17, 15) is 0 Å². The van der Waals surface area contributed by atoms with Crippen LogP contribution in [0.25, 0.3) is 62.2 Å². The number of hydrogen-bond donors (Lipinski definition) is 0. The summed E-state index contributed by atoms with van der Waals surface area (Å²) >= 11 is 7.43. The van der Waals surface area contributed by atoms with Gasteiger partial charge in [-0.1, -0.05) is 76.1 Å². The Kier molecular flexibility index (Phi) is 8.94. The zero-order valence-corrected chi connectivity index (χ0v) is 27.9. The Morgan fingerprint density at radius 3 is 1.47 bits per heavy atom. The van der Waals surface area contributed by atoms with Crippen molar-refractivity contribution in [3.05, 3.63) is 95.7 Å². The minimum atomic E-state index is 1.08. The zero-order chi connectivity index (χ0) is 29.0. The minimum Gasteiger partial charge on any atom is -0.340 e. The highest BCUT2D eigenvalue weighted by atomic mass is 32.1. The molecule has 5 heterocycles. The highest BCUT2D eigenvalue weighted by Crippen LogP contribution is 2.41.